The fourth-order valence-electron chi connectivity index (χ4n) is 3.81. The van der Waals surface area contributed by atoms with Crippen molar-refractivity contribution in [1.82, 2.24) is 10.2 Å². The minimum atomic E-state index is -0.199. The highest BCUT2D eigenvalue weighted by molar-refractivity contribution is 5.89. The Morgan fingerprint density at radius 2 is 1.87 bits per heavy atom. The van der Waals surface area contributed by atoms with Crippen LogP contribution in [0.4, 0.5) is 0 Å². The predicted octanol–water partition coefficient (Wildman–Crippen LogP) is 3.05. The third-order valence-electron chi connectivity index (χ3n) is 5.20. The fraction of sp³-hybridized carbons (Fsp3) is 0.579. The van der Waals surface area contributed by atoms with Gasteiger partial charge in [0.1, 0.15) is 0 Å². The zero-order valence-corrected chi connectivity index (χ0v) is 13.8. The summed E-state index contributed by atoms with van der Waals surface area (Å²) in [6.07, 6.45) is 6.24. The van der Waals surface area contributed by atoms with Crippen molar-refractivity contribution in [3.05, 3.63) is 35.9 Å². The van der Waals surface area contributed by atoms with E-state index in [9.17, 15) is 9.59 Å². The molecule has 1 N–H and O–H groups in total. The number of nitrogens with one attached hydrogen (secondary N) is 1. The first kappa shape index (κ1) is 16.0. The summed E-state index contributed by atoms with van der Waals surface area (Å²) in [6.45, 7) is 2.58. The van der Waals surface area contributed by atoms with Crippen LogP contribution in [0.15, 0.2) is 30.3 Å². The number of carbonyl (C=O) groups is 2. The van der Waals surface area contributed by atoms with Crippen molar-refractivity contribution in [2.24, 2.45) is 5.92 Å². The van der Waals surface area contributed by atoms with Gasteiger partial charge in [-0.1, -0.05) is 49.6 Å². The lowest BCUT2D eigenvalue weighted by molar-refractivity contribution is -0.130. The first-order valence-electron chi connectivity index (χ1n) is 8.80. The zero-order valence-electron chi connectivity index (χ0n) is 13.8. The van der Waals surface area contributed by atoms with E-state index < -0.39 is 0 Å². The first-order chi connectivity index (χ1) is 11.1. The van der Waals surface area contributed by atoms with Crippen LogP contribution >= 0.6 is 0 Å². The predicted molar refractivity (Wildman–Crippen MR) is 89.7 cm³/mol. The summed E-state index contributed by atoms with van der Waals surface area (Å²) in [5.74, 6) is -0.0342. The summed E-state index contributed by atoms with van der Waals surface area (Å²) in [6, 6.07) is 10.3. The molecule has 0 bridgehead atoms. The van der Waals surface area contributed by atoms with Gasteiger partial charge in [0.2, 0.25) is 11.8 Å². The van der Waals surface area contributed by atoms with E-state index in [1.54, 1.807) is 0 Å². The van der Waals surface area contributed by atoms with Gasteiger partial charge in [0.25, 0.3) is 0 Å². The van der Waals surface area contributed by atoms with Crippen LogP contribution in [0.25, 0.3) is 0 Å². The van der Waals surface area contributed by atoms with E-state index in [-0.39, 0.29) is 23.8 Å². The van der Waals surface area contributed by atoms with Crippen LogP contribution in [-0.4, -0.2) is 29.3 Å². The molecule has 1 saturated carbocycles. The molecule has 4 nitrogen and oxygen atoms in total. The van der Waals surface area contributed by atoms with Crippen LogP contribution < -0.4 is 5.32 Å². The van der Waals surface area contributed by atoms with Crippen LogP contribution in [0.2, 0.25) is 0 Å². The van der Waals surface area contributed by atoms with Crippen LogP contribution in [0.3, 0.4) is 0 Å². The summed E-state index contributed by atoms with van der Waals surface area (Å²) in [4.78, 5) is 26.8. The average Bonchev–Trinajstić information content (AvgIpc) is 2.98. The van der Waals surface area contributed by atoms with E-state index in [1.807, 2.05) is 42.2 Å². The summed E-state index contributed by atoms with van der Waals surface area (Å²) < 4.78 is 0. The molecular formula is C19H26N2O2. The van der Waals surface area contributed by atoms with E-state index in [0.717, 1.165) is 18.4 Å². The molecule has 1 heterocycles. The molecule has 2 amide bonds. The number of carbonyl (C=O) groups excluding carboxylic acids is 2. The molecule has 1 aromatic carbocycles. The number of rotatable bonds is 4. The maximum Gasteiger partial charge on any atom is 0.225 e. The lowest BCUT2D eigenvalue weighted by atomic mass is 9.94. The van der Waals surface area contributed by atoms with Crippen molar-refractivity contribution >= 4 is 11.8 Å². The first-order valence-corrected chi connectivity index (χ1v) is 8.80. The Labute approximate surface area is 138 Å². The number of amides is 2. The lowest BCUT2D eigenvalue weighted by Crippen LogP contribution is -2.39. The van der Waals surface area contributed by atoms with Crippen molar-refractivity contribution in [2.75, 3.05) is 6.54 Å². The highest BCUT2D eigenvalue weighted by Gasteiger charge is 2.38. The SMILES string of the molecule is C[C@H](NC(=O)[C@@H]1CC(=O)N(C2CCCCC2)C1)c1ccccc1. The second-order valence-electron chi connectivity index (χ2n) is 6.88. The third kappa shape index (κ3) is 3.74. The molecule has 0 aromatic heterocycles. The van der Waals surface area contributed by atoms with Gasteiger partial charge < -0.3 is 10.2 Å². The van der Waals surface area contributed by atoms with Gasteiger partial charge in [-0.2, -0.15) is 0 Å². The van der Waals surface area contributed by atoms with Crippen molar-refractivity contribution in [1.29, 1.82) is 0 Å². The van der Waals surface area contributed by atoms with Crippen molar-refractivity contribution in [3.63, 3.8) is 0 Å². The smallest absolute Gasteiger partial charge is 0.225 e. The number of benzene rings is 1. The number of hydrogen-bond donors (Lipinski definition) is 1. The summed E-state index contributed by atoms with van der Waals surface area (Å²) >= 11 is 0. The molecule has 1 aliphatic heterocycles. The minimum Gasteiger partial charge on any atom is -0.349 e. The maximum absolute atomic E-state index is 12.5. The molecule has 1 aliphatic carbocycles. The summed E-state index contributed by atoms with van der Waals surface area (Å²) in [7, 11) is 0. The molecule has 3 rings (SSSR count). The Hall–Kier alpha value is -1.84. The van der Waals surface area contributed by atoms with E-state index >= 15 is 0 Å². The number of likely N-dealkylation sites (tertiary alicyclic amines) is 1. The molecule has 0 spiro atoms. The largest absolute Gasteiger partial charge is 0.349 e. The van der Waals surface area contributed by atoms with Crippen LogP contribution in [-0.2, 0) is 9.59 Å². The Morgan fingerprint density at radius 1 is 1.17 bits per heavy atom. The van der Waals surface area contributed by atoms with Gasteiger partial charge in [-0.05, 0) is 25.3 Å². The maximum atomic E-state index is 12.5. The van der Waals surface area contributed by atoms with Gasteiger partial charge >= 0.3 is 0 Å². The third-order valence-corrected chi connectivity index (χ3v) is 5.20. The zero-order chi connectivity index (χ0) is 16.2. The van der Waals surface area contributed by atoms with E-state index in [0.29, 0.717) is 19.0 Å². The molecule has 0 unspecified atom stereocenters. The molecule has 2 aliphatic rings. The van der Waals surface area contributed by atoms with Gasteiger partial charge in [-0.25, -0.2) is 0 Å². The Bertz CT molecular complexity index is 552. The number of hydrogen-bond acceptors (Lipinski definition) is 2. The fourth-order valence-corrected chi connectivity index (χ4v) is 3.81. The van der Waals surface area contributed by atoms with Gasteiger partial charge in [0.05, 0.1) is 12.0 Å². The van der Waals surface area contributed by atoms with Crippen LogP contribution in [0, 0.1) is 5.92 Å². The summed E-state index contributed by atoms with van der Waals surface area (Å²) in [5.41, 5.74) is 1.09. The van der Waals surface area contributed by atoms with Gasteiger partial charge in [0, 0.05) is 19.0 Å². The molecule has 2 fully saturated rings. The number of nitrogens with zero attached hydrogens (tertiary/aromatic N) is 1. The van der Waals surface area contributed by atoms with Crippen LogP contribution in [0.1, 0.15) is 57.1 Å². The van der Waals surface area contributed by atoms with Crippen molar-refractivity contribution < 1.29 is 9.59 Å². The highest BCUT2D eigenvalue weighted by Crippen LogP contribution is 2.29. The van der Waals surface area contributed by atoms with Crippen molar-refractivity contribution in [2.45, 2.75) is 57.5 Å². The van der Waals surface area contributed by atoms with E-state index in [2.05, 4.69) is 5.32 Å². The quantitative estimate of drug-likeness (QED) is 0.928. The second kappa shape index (κ2) is 7.16. The molecule has 1 aromatic rings. The van der Waals surface area contributed by atoms with E-state index in [1.165, 1.54) is 19.3 Å². The van der Waals surface area contributed by atoms with Gasteiger partial charge in [-0.15, -0.1) is 0 Å². The Balaban J connectivity index is 1.57. The minimum absolute atomic E-state index is 0.00742. The molecular weight excluding hydrogens is 288 g/mol. The molecule has 2 atom stereocenters. The van der Waals surface area contributed by atoms with Crippen molar-refractivity contribution in [3.8, 4) is 0 Å². The standard InChI is InChI=1S/C19H26N2O2/c1-14(15-8-4-2-5-9-15)20-19(23)16-12-18(22)21(13-16)17-10-6-3-7-11-17/h2,4-5,8-9,14,16-17H,3,6-7,10-13H2,1H3,(H,20,23)/t14-,16+/m0/s1. The van der Waals surface area contributed by atoms with Crippen LogP contribution in [0.5, 0.6) is 0 Å². The van der Waals surface area contributed by atoms with Gasteiger partial charge in [-0.3, -0.25) is 9.59 Å². The molecule has 0 radical (unpaired) electrons. The van der Waals surface area contributed by atoms with E-state index in [4.69, 9.17) is 0 Å². The molecule has 124 valence electrons. The Kier molecular flexibility index (Phi) is 4.99. The Morgan fingerprint density at radius 3 is 2.57 bits per heavy atom. The normalized spacial score (nSPS) is 23.8. The lowest BCUT2D eigenvalue weighted by Gasteiger charge is -2.31. The average molecular weight is 314 g/mol. The monoisotopic (exact) mass is 314 g/mol. The highest BCUT2D eigenvalue weighted by atomic mass is 16.2. The molecule has 1 saturated heterocycles. The molecule has 23 heavy (non-hydrogen) atoms. The van der Waals surface area contributed by atoms with Gasteiger partial charge in [0.15, 0.2) is 0 Å². The summed E-state index contributed by atoms with van der Waals surface area (Å²) in [5, 5.41) is 3.06. The molecule has 4 heteroatoms. The second-order valence-corrected chi connectivity index (χ2v) is 6.88. The topological polar surface area (TPSA) is 49.4 Å².